The number of benzene rings is 2. The van der Waals surface area contributed by atoms with Gasteiger partial charge in [-0.25, -0.2) is 4.98 Å². The van der Waals surface area contributed by atoms with Gasteiger partial charge in [0, 0.05) is 23.4 Å². The highest BCUT2D eigenvalue weighted by molar-refractivity contribution is 6.08. The van der Waals surface area contributed by atoms with Gasteiger partial charge in [-0.2, -0.15) is 5.10 Å². The van der Waals surface area contributed by atoms with Crippen LogP contribution in [0.4, 0.5) is 5.69 Å². The Morgan fingerprint density at radius 2 is 1.97 bits per heavy atom. The van der Waals surface area contributed by atoms with Gasteiger partial charge in [0.1, 0.15) is 23.7 Å². The molecule has 8 nitrogen and oxygen atoms in total. The van der Waals surface area contributed by atoms with E-state index in [-0.39, 0.29) is 17.7 Å². The fourth-order valence-corrected chi connectivity index (χ4v) is 3.99. The topological polar surface area (TPSA) is 104 Å². The van der Waals surface area contributed by atoms with Crippen LogP contribution in [-0.2, 0) is 6.54 Å². The molecule has 1 aliphatic heterocycles. The molecule has 0 aliphatic carbocycles. The van der Waals surface area contributed by atoms with Crippen LogP contribution in [0, 0.1) is 6.92 Å². The normalized spacial score (nSPS) is 14.9. The summed E-state index contributed by atoms with van der Waals surface area (Å²) in [4.78, 5) is 32.0. The Kier molecular flexibility index (Phi) is 5.03. The van der Waals surface area contributed by atoms with Crippen LogP contribution in [0.2, 0.25) is 0 Å². The lowest BCUT2D eigenvalue weighted by Crippen LogP contribution is -2.30. The van der Waals surface area contributed by atoms with E-state index in [1.165, 1.54) is 6.33 Å². The lowest BCUT2D eigenvalue weighted by atomic mass is 9.98. The molecule has 2 aromatic heterocycles. The summed E-state index contributed by atoms with van der Waals surface area (Å²) in [5.74, 6) is 1.62. The second kappa shape index (κ2) is 8.14. The number of nitrogens with one attached hydrogen (secondary N) is 2. The van der Waals surface area contributed by atoms with Crippen LogP contribution in [0.15, 0.2) is 71.4 Å². The lowest BCUT2D eigenvalue weighted by molar-refractivity contribution is 0.0946. The van der Waals surface area contributed by atoms with E-state index in [4.69, 9.17) is 4.42 Å². The number of H-pyrrole nitrogens is 1. The van der Waals surface area contributed by atoms with Crippen molar-refractivity contribution in [1.29, 1.82) is 0 Å². The van der Waals surface area contributed by atoms with Crippen molar-refractivity contribution in [2.75, 3.05) is 11.4 Å². The van der Waals surface area contributed by atoms with Gasteiger partial charge in [-0.1, -0.05) is 18.2 Å². The Balaban J connectivity index is 1.44. The number of aromatic nitrogens is 3. The van der Waals surface area contributed by atoms with Gasteiger partial charge in [-0.05, 0) is 55.0 Å². The van der Waals surface area contributed by atoms with E-state index in [1.807, 2.05) is 49.4 Å². The molecule has 1 unspecified atom stereocenters. The van der Waals surface area contributed by atoms with E-state index in [9.17, 15) is 9.59 Å². The van der Waals surface area contributed by atoms with Crippen molar-refractivity contribution in [3.05, 3.63) is 101 Å². The third-order valence-corrected chi connectivity index (χ3v) is 5.57. The molecule has 32 heavy (non-hydrogen) atoms. The minimum absolute atomic E-state index is 0.0979. The molecule has 0 fully saturated rings. The summed E-state index contributed by atoms with van der Waals surface area (Å²) < 4.78 is 5.51. The standard InChI is InChI=1S/C24H21N5O3/c1-15-7-9-18(32-15)12-25-23(30)17-8-10-21-19(11-17)20(22-26-14-27-28-22)13-29(21)24(31)16-5-3-2-4-6-16/h2-11,14,20H,12-13H2,1H3,(H,25,30)(H,26,27,28). The van der Waals surface area contributed by atoms with Crippen molar-refractivity contribution >= 4 is 17.5 Å². The third kappa shape index (κ3) is 3.66. The number of hydrogen-bond donors (Lipinski definition) is 2. The number of amides is 2. The molecule has 0 radical (unpaired) electrons. The molecule has 0 saturated carbocycles. The van der Waals surface area contributed by atoms with Crippen molar-refractivity contribution in [3.8, 4) is 0 Å². The number of furan rings is 1. The summed E-state index contributed by atoms with van der Waals surface area (Å²) in [5.41, 5.74) is 2.73. The molecular weight excluding hydrogens is 406 g/mol. The van der Waals surface area contributed by atoms with Gasteiger partial charge in [0.25, 0.3) is 11.8 Å². The number of rotatable bonds is 5. The first-order valence-corrected chi connectivity index (χ1v) is 10.3. The first-order valence-electron chi connectivity index (χ1n) is 10.3. The van der Waals surface area contributed by atoms with Crippen molar-refractivity contribution in [2.45, 2.75) is 19.4 Å². The Hall–Kier alpha value is -4.20. The predicted octanol–water partition coefficient (Wildman–Crippen LogP) is 3.43. The summed E-state index contributed by atoms with van der Waals surface area (Å²) in [5, 5.41) is 9.75. The predicted molar refractivity (Wildman–Crippen MR) is 117 cm³/mol. The molecule has 0 spiro atoms. The Morgan fingerprint density at radius 1 is 1.12 bits per heavy atom. The second-order valence-electron chi connectivity index (χ2n) is 7.67. The number of anilines is 1. The first kappa shape index (κ1) is 19.7. The van der Waals surface area contributed by atoms with Crippen LogP contribution in [0.1, 0.15) is 49.5 Å². The zero-order chi connectivity index (χ0) is 22.1. The third-order valence-electron chi connectivity index (χ3n) is 5.57. The first-order chi connectivity index (χ1) is 15.6. The highest BCUT2D eigenvalue weighted by Gasteiger charge is 2.35. The van der Waals surface area contributed by atoms with Crippen LogP contribution in [0.3, 0.4) is 0 Å². The van der Waals surface area contributed by atoms with Gasteiger partial charge in [-0.3, -0.25) is 14.7 Å². The van der Waals surface area contributed by atoms with Crippen molar-refractivity contribution < 1.29 is 14.0 Å². The zero-order valence-electron chi connectivity index (χ0n) is 17.4. The number of carbonyl (C=O) groups excluding carboxylic acids is 2. The molecule has 1 aliphatic rings. The maximum absolute atomic E-state index is 13.2. The number of aryl methyl sites for hydroxylation is 1. The van der Waals surface area contributed by atoms with E-state index in [0.29, 0.717) is 35.8 Å². The van der Waals surface area contributed by atoms with Gasteiger partial charge < -0.3 is 14.6 Å². The maximum atomic E-state index is 13.2. The van der Waals surface area contributed by atoms with Gasteiger partial charge in [0.15, 0.2) is 0 Å². The fourth-order valence-electron chi connectivity index (χ4n) is 3.99. The average molecular weight is 427 g/mol. The Labute approximate surface area is 184 Å². The molecule has 5 rings (SSSR count). The van der Waals surface area contributed by atoms with Gasteiger partial charge >= 0.3 is 0 Å². The quantitative estimate of drug-likeness (QED) is 0.508. The van der Waals surface area contributed by atoms with Crippen molar-refractivity contribution in [2.24, 2.45) is 0 Å². The minimum atomic E-state index is -0.217. The van der Waals surface area contributed by atoms with E-state index in [2.05, 4.69) is 20.5 Å². The van der Waals surface area contributed by atoms with Gasteiger partial charge in [0.05, 0.1) is 12.5 Å². The van der Waals surface area contributed by atoms with Crippen LogP contribution < -0.4 is 10.2 Å². The van der Waals surface area contributed by atoms with Crippen molar-refractivity contribution in [3.63, 3.8) is 0 Å². The van der Waals surface area contributed by atoms with Crippen LogP contribution in [0.25, 0.3) is 0 Å². The summed E-state index contributed by atoms with van der Waals surface area (Å²) in [6.45, 7) is 2.57. The van der Waals surface area contributed by atoms with E-state index >= 15 is 0 Å². The lowest BCUT2D eigenvalue weighted by Gasteiger charge is -2.18. The average Bonchev–Trinajstić information content (AvgIpc) is 3.57. The molecule has 2 aromatic carbocycles. The van der Waals surface area contributed by atoms with Crippen molar-refractivity contribution in [1.82, 2.24) is 20.5 Å². The molecular formula is C24H21N5O3. The van der Waals surface area contributed by atoms with Gasteiger partial charge in [0.2, 0.25) is 0 Å². The number of hydrogen-bond acceptors (Lipinski definition) is 5. The van der Waals surface area contributed by atoms with E-state index < -0.39 is 0 Å². The van der Waals surface area contributed by atoms with Gasteiger partial charge in [-0.15, -0.1) is 0 Å². The zero-order valence-corrected chi connectivity index (χ0v) is 17.4. The monoisotopic (exact) mass is 427 g/mol. The molecule has 8 heteroatoms. The summed E-state index contributed by atoms with van der Waals surface area (Å²) >= 11 is 0. The maximum Gasteiger partial charge on any atom is 0.258 e. The largest absolute Gasteiger partial charge is 0.465 e. The molecule has 3 heterocycles. The molecule has 1 atom stereocenters. The summed E-state index contributed by atoms with van der Waals surface area (Å²) in [7, 11) is 0. The van der Waals surface area contributed by atoms with E-state index in [1.54, 1.807) is 23.1 Å². The number of fused-ring (bicyclic) bond motifs is 1. The molecule has 0 bridgehead atoms. The molecule has 160 valence electrons. The molecule has 2 amide bonds. The SMILES string of the molecule is Cc1ccc(CNC(=O)c2ccc3c(c2)C(c2ncn[nH]2)CN3C(=O)c2ccccc2)o1. The minimum Gasteiger partial charge on any atom is -0.465 e. The smallest absolute Gasteiger partial charge is 0.258 e. The number of nitrogens with zero attached hydrogens (tertiary/aromatic N) is 3. The van der Waals surface area contributed by atoms with Crippen LogP contribution >= 0.6 is 0 Å². The van der Waals surface area contributed by atoms with E-state index in [0.717, 1.165) is 17.0 Å². The number of aromatic amines is 1. The molecule has 0 saturated heterocycles. The second-order valence-corrected chi connectivity index (χ2v) is 7.67. The highest BCUT2D eigenvalue weighted by Crippen LogP contribution is 2.40. The Morgan fingerprint density at radius 3 is 2.69 bits per heavy atom. The van der Waals surface area contributed by atoms with Crippen LogP contribution in [-0.4, -0.2) is 33.5 Å². The summed E-state index contributed by atoms with van der Waals surface area (Å²) in [6.07, 6.45) is 1.44. The molecule has 2 N–H and O–H groups in total. The Bertz CT molecular complexity index is 1260. The van der Waals surface area contributed by atoms with Crippen LogP contribution in [0.5, 0.6) is 0 Å². The summed E-state index contributed by atoms with van der Waals surface area (Å²) in [6, 6.07) is 18.2. The fraction of sp³-hybridized carbons (Fsp3) is 0.167. The highest BCUT2D eigenvalue weighted by atomic mass is 16.3. The molecule has 4 aromatic rings. The number of carbonyl (C=O) groups is 2.